The summed E-state index contributed by atoms with van der Waals surface area (Å²) >= 11 is 0. The third kappa shape index (κ3) is 4.23. The molecule has 2 amide bonds. The number of rotatable bonds is 6. The molecule has 2 fully saturated rings. The molecule has 176 valence electrons. The Morgan fingerprint density at radius 3 is 2.56 bits per heavy atom. The lowest BCUT2D eigenvalue weighted by Gasteiger charge is -2.19. The Hall–Kier alpha value is -3.47. The van der Waals surface area contributed by atoms with Gasteiger partial charge in [0.15, 0.2) is 5.76 Å². The molecule has 3 heterocycles. The van der Waals surface area contributed by atoms with Crippen molar-refractivity contribution in [3.63, 3.8) is 0 Å². The maximum atomic E-state index is 13.1. The van der Waals surface area contributed by atoms with Crippen LogP contribution in [0.1, 0.15) is 17.0 Å². The van der Waals surface area contributed by atoms with Gasteiger partial charge in [-0.1, -0.05) is 24.8 Å². The number of anilines is 1. The number of para-hydroxylation sites is 1. The largest absolute Gasteiger partial charge is 0.451 e. The standard InChI is InChI=1S/C24H23N3O6S/c1-2-22(28)26-23-12-16-13-27(14-21(16)33-23)34(30,31)18-9-7-17(8-10-18)25-24(29)20-11-15-5-3-4-6-19(15)32-20/h2-11,16,21,23H,1,12-14H2,(H,25,29)(H,26,28). The van der Waals surface area contributed by atoms with Gasteiger partial charge in [0.1, 0.15) is 11.8 Å². The van der Waals surface area contributed by atoms with E-state index >= 15 is 0 Å². The maximum Gasteiger partial charge on any atom is 0.291 e. The highest BCUT2D eigenvalue weighted by molar-refractivity contribution is 7.89. The zero-order chi connectivity index (χ0) is 23.9. The van der Waals surface area contributed by atoms with E-state index in [1.54, 1.807) is 24.3 Å². The van der Waals surface area contributed by atoms with Crippen molar-refractivity contribution < 1.29 is 27.2 Å². The number of benzene rings is 2. The summed E-state index contributed by atoms with van der Waals surface area (Å²) in [4.78, 5) is 24.1. The van der Waals surface area contributed by atoms with Crippen LogP contribution in [0.3, 0.4) is 0 Å². The van der Waals surface area contributed by atoms with E-state index in [4.69, 9.17) is 9.15 Å². The molecule has 10 heteroatoms. The molecule has 0 aliphatic carbocycles. The molecule has 0 radical (unpaired) electrons. The van der Waals surface area contributed by atoms with Crippen LogP contribution >= 0.6 is 0 Å². The summed E-state index contributed by atoms with van der Waals surface area (Å²) in [7, 11) is -3.72. The summed E-state index contributed by atoms with van der Waals surface area (Å²) < 4.78 is 39.0. The number of sulfonamides is 1. The van der Waals surface area contributed by atoms with E-state index in [0.29, 0.717) is 24.2 Å². The van der Waals surface area contributed by atoms with Crippen LogP contribution in [0.25, 0.3) is 11.0 Å². The van der Waals surface area contributed by atoms with Crippen LogP contribution in [0.4, 0.5) is 5.69 Å². The molecular formula is C24H23N3O6S. The smallest absolute Gasteiger partial charge is 0.291 e. The van der Waals surface area contributed by atoms with Crippen molar-refractivity contribution in [2.75, 3.05) is 18.4 Å². The third-order valence-electron chi connectivity index (χ3n) is 6.09. The molecule has 2 aliphatic heterocycles. The highest BCUT2D eigenvalue weighted by atomic mass is 32.2. The van der Waals surface area contributed by atoms with E-state index < -0.39 is 22.2 Å². The molecule has 0 spiro atoms. The Kier molecular flexibility index (Phi) is 5.72. The molecule has 1 aromatic heterocycles. The Morgan fingerprint density at radius 2 is 1.85 bits per heavy atom. The van der Waals surface area contributed by atoms with Crippen molar-refractivity contribution in [2.24, 2.45) is 5.92 Å². The second-order valence-corrected chi connectivity index (χ2v) is 10.3. The number of nitrogens with zero attached hydrogens (tertiary/aromatic N) is 1. The number of fused-ring (bicyclic) bond motifs is 2. The first-order valence-electron chi connectivity index (χ1n) is 10.8. The fraction of sp³-hybridized carbons (Fsp3) is 0.250. The van der Waals surface area contributed by atoms with Crippen LogP contribution < -0.4 is 10.6 Å². The van der Waals surface area contributed by atoms with E-state index in [-0.39, 0.29) is 35.1 Å². The van der Waals surface area contributed by atoms with E-state index in [0.717, 1.165) is 5.39 Å². The minimum absolute atomic E-state index is 0.00672. The second kappa shape index (κ2) is 8.71. The number of carbonyl (C=O) groups excluding carboxylic acids is 2. The molecule has 3 unspecified atom stereocenters. The number of amides is 2. The number of furan rings is 1. The molecule has 0 saturated carbocycles. The normalized spacial score (nSPS) is 22.4. The fourth-order valence-corrected chi connectivity index (χ4v) is 5.89. The lowest BCUT2D eigenvalue weighted by Crippen LogP contribution is -2.37. The topological polar surface area (TPSA) is 118 Å². The van der Waals surface area contributed by atoms with Crippen LogP contribution in [-0.2, 0) is 19.6 Å². The van der Waals surface area contributed by atoms with Crippen molar-refractivity contribution in [1.82, 2.24) is 9.62 Å². The van der Waals surface area contributed by atoms with Crippen molar-refractivity contribution in [1.29, 1.82) is 0 Å². The van der Waals surface area contributed by atoms with Gasteiger partial charge >= 0.3 is 0 Å². The van der Waals surface area contributed by atoms with Crippen molar-refractivity contribution in [3.05, 3.63) is 73.0 Å². The maximum absolute atomic E-state index is 13.1. The molecule has 3 atom stereocenters. The minimum Gasteiger partial charge on any atom is -0.451 e. The Bertz CT molecular complexity index is 1320. The summed E-state index contributed by atoms with van der Waals surface area (Å²) in [6.45, 7) is 3.95. The van der Waals surface area contributed by atoms with Crippen LogP contribution in [0.5, 0.6) is 0 Å². The average molecular weight is 482 g/mol. The summed E-state index contributed by atoms with van der Waals surface area (Å²) in [5.74, 6) is -0.562. The van der Waals surface area contributed by atoms with Gasteiger partial charge in [0, 0.05) is 30.1 Å². The summed E-state index contributed by atoms with van der Waals surface area (Å²) in [5.41, 5.74) is 1.06. The highest BCUT2D eigenvalue weighted by Crippen LogP contribution is 2.35. The molecule has 2 aromatic carbocycles. The SMILES string of the molecule is C=CC(=O)NC1CC2CN(S(=O)(=O)c3ccc(NC(=O)c4cc5ccccc5o4)cc3)CC2O1. The van der Waals surface area contributed by atoms with Gasteiger partial charge in [-0.2, -0.15) is 4.31 Å². The Balaban J connectivity index is 1.22. The predicted molar refractivity (Wildman–Crippen MR) is 124 cm³/mol. The first kappa shape index (κ1) is 22.3. The summed E-state index contributed by atoms with van der Waals surface area (Å²) in [6, 6.07) is 15.0. The van der Waals surface area contributed by atoms with Gasteiger partial charge in [0.25, 0.3) is 5.91 Å². The number of nitrogens with one attached hydrogen (secondary N) is 2. The number of hydrogen-bond donors (Lipinski definition) is 2. The van der Waals surface area contributed by atoms with E-state index in [1.807, 2.05) is 18.2 Å². The number of hydrogen-bond acceptors (Lipinski definition) is 6. The number of carbonyl (C=O) groups is 2. The van der Waals surface area contributed by atoms with Gasteiger partial charge in [-0.15, -0.1) is 0 Å². The van der Waals surface area contributed by atoms with Crippen LogP contribution in [0.15, 0.2) is 76.6 Å². The van der Waals surface area contributed by atoms with Crippen molar-refractivity contribution in [3.8, 4) is 0 Å². The first-order valence-corrected chi connectivity index (χ1v) is 12.3. The Labute approximate surface area is 196 Å². The van der Waals surface area contributed by atoms with E-state index in [1.165, 1.54) is 22.5 Å². The molecule has 2 saturated heterocycles. The van der Waals surface area contributed by atoms with Crippen LogP contribution in [-0.4, -0.2) is 50.0 Å². The molecule has 9 nitrogen and oxygen atoms in total. The molecule has 2 N–H and O–H groups in total. The van der Waals surface area contributed by atoms with Crippen LogP contribution in [0, 0.1) is 5.92 Å². The highest BCUT2D eigenvalue weighted by Gasteiger charge is 2.46. The number of ether oxygens (including phenoxy) is 1. The quantitative estimate of drug-likeness (QED) is 0.523. The van der Waals surface area contributed by atoms with Crippen molar-refractivity contribution in [2.45, 2.75) is 23.6 Å². The van der Waals surface area contributed by atoms with Crippen molar-refractivity contribution >= 4 is 38.5 Å². The van der Waals surface area contributed by atoms with Gasteiger partial charge < -0.3 is 19.8 Å². The molecule has 5 rings (SSSR count). The zero-order valence-electron chi connectivity index (χ0n) is 18.1. The molecular weight excluding hydrogens is 458 g/mol. The monoisotopic (exact) mass is 481 g/mol. The fourth-order valence-electron chi connectivity index (χ4n) is 4.38. The van der Waals surface area contributed by atoms with Gasteiger partial charge in [-0.05, 0) is 48.9 Å². The van der Waals surface area contributed by atoms with E-state index in [9.17, 15) is 18.0 Å². The lowest BCUT2D eigenvalue weighted by molar-refractivity contribution is -0.120. The zero-order valence-corrected chi connectivity index (χ0v) is 19.0. The summed E-state index contributed by atoms with van der Waals surface area (Å²) in [6.07, 6.45) is 1.02. The minimum atomic E-state index is -3.72. The molecule has 34 heavy (non-hydrogen) atoms. The molecule has 3 aromatic rings. The lowest BCUT2D eigenvalue weighted by atomic mass is 10.1. The molecule has 0 bridgehead atoms. The van der Waals surface area contributed by atoms with Gasteiger partial charge in [-0.25, -0.2) is 8.42 Å². The third-order valence-corrected chi connectivity index (χ3v) is 7.94. The first-order chi connectivity index (χ1) is 16.3. The predicted octanol–water partition coefficient (Wildman–Crippen LogP) is 2.72. The average Bonchev–Trinajstić information content (AvgIpc) is 3.52. The van der Waals surface area contributed by atoms with Crippen LogP contribution in [0.2, 0.25) is 0 Å². The summed E-state index contributed by atoms with van der Waals surface area (Å²) in [5, 5.41) is 6.24. The molecule has 2 aliphatic rings. The Morgan fingerprint density at radius 1 is 1.09 bits per heavy atom. The second-order valence-electron chi connectivity index (χ2n) is 8.32. The van der Waals surface area contributed by atoms with Gasteiger partial charge in [0.2, 0.25) is 15.9 Å². The van der Waals surface area contributed by atoms with Gasteiger partial charge in [0.05, 0.1) is 11.0 Å². The van der Waals surface area contributed by atoms with Gasteiger partial charge in [-0.3, -0.25) is 9.59 Å². The van der Waals surface area contributed by atoms with E-state index in [2.05, 4.69) is 17.2 Å².